The lowest BCUT2D eigenvalue weighted by molar-refractivity contribution is 0.792. The molecule has 0 radical (unpaired) electrons. The van der Waals surface area contributed by atoms with Crippen LogP contribution in [0.1, 0.15) is 19.4 Å². The maximum atomic E-state index is 4.62. The fourth-order valence-corrected chi connectivity index (χ4v) is 2.38. The van der Waals surface area contributed by atoms with Gasteiger partial charge in [-0.1, -0.05) is 11.8 Å². The van der Waals surface area contributed by atoms with E-state index in [0.717, 1.165) is 36.4 Å². The second-order valence-electron chi connectivity index (χ2n) is 4.50. The maximum absolute atomic E-state index is 4.62. The van der Waals surface area contributed by atoms with E-state index in [4.69, 9.17) is 0 Å². The molecular weight excluding hydrogens is 282 g/mol. The van der Waals surface area contributed by atoms with E-state index in [1.54, 1.807) is 11.8 Å². The Morgan fingerprint density at radius 3 is 2.57 bits per heavy atom. The summed E-state index contributed by atoms with van der Waals surface area (Å²) in [6.45, 7) is 6.75. The summed E-state index contributed by atoms with van der Waals surface area (Å²) in [5, 5.41) is 4.05. The van der Waals surface area contributed by atoms with E-state index in [0.29, 0.717) is 0 Å². The van der Waals surface area contributed by atoms with Crippen LogP contribution >= 0.6 is 11.8 Å². The molecule has 0 aliphatic carbocycles. The van der Waals surface area contributed by atoms with E-state index in [1.807, 2.05) is 36.8 Å². The summed E-state index contributed by atoms with van der Waals surface area (Å²) in [7, 11) is 0. The average molecular weight is 303 g/mol. The Balaban J connectivity index is 2.26. The molecule has 21 heavy (non-hydrogen) atoms. The highest BCUT2D eigenvalue weighted by Crippen LogP contribution is 2.21. The lowest BCUT2D eigenvalue weighted by Gasteiger charge is -2.23. The fourth-order valence-electron chi connectivity index (χ4n) is 2.00. The molecule has 5 nitrogen and oxygen atoms in total. The van der Waals surface area contributed by atoms with Crippen LogP contribution in [0.5, 0.6) is 0 Å². The monoisotopic (exact) mass is 303 g/mol. The maximum Gasteiger partial charge on any atom is 0.191 e. The number of hydrogen-bond acceptors (Lipinski definition) is 6. The first-order chi connectivity index (χ1) is 10.3. The Kier molecular flexibility index (Phi) is 5.80. The summed E-state index contributed by atoms with van der Waals surface area (Å²) >= 11 is 1.56. The number of anilines is 2. The number of thioether (sulfide) groups is 1. The van der Waals surface area contributed by atoms with Gasteiger partial charge in [-0.3, -0.25) is 4.98 Å². The molecule has 0 unspecified atom stereocenters. The zero-order valence-corrected chi connectivity index (χ0v) is 13.5. The highest BCUT2D eigenvalue weighted by Gasteiger charge is 2.10. The third kappa shape index (κ3) is 4.32. The van der Waals surface area contributed by atoms with E-state index in [-0.39, 0.29) is 0 Å². The number of pyridine rings is 1. The van der Waals surface area contributed by atoms with Crippen LogP contribution in [-0.4, -0.2) is 34.3 Å². The molecule has 1 N–H and O–H groups in total. The Bertz CT molecular complexity index is 561. The molecule has 0 fully saturated rings. The van der Waals surface area contributed by atoms with Crippen LogP contribution < -0.4 is 10.2 Å². The van der Waals surface area contributed by atoms with Gasteiger partial charge < -0.3 is 10.2 Å². The van der Waals surface area contributed by atoms with Crippen LogP contribution in [0.3, 0.4) is 0 Å². The van der Waals surface area contributed by atoms with Crippen molar-refractivity contribution in [2.45, 2.75) is 25.5 Å². The number of nitrogens with one attached hydrogen (secondary N) is 1. The van der Waals surface area contributed by atoms with Crippen LogP contribution in [0.15, 0.2) is 35.7 Å². The van der Waals surface area contributed by atoms with Crippen molar-refractivity contribution < 1.29 is 0 Å². The second-order valence-corrected chi connectivity index (χ2v) is 5.27. The van der Waals surface area contributed by atoms with Gasteiger partial charge in [0.25, 0.3) is 0 Å². The third-order valence-electron chi connectivity index (χ3n) is 3.06. The molecule has 0 aliphatic rings. The first-order valence-electron chi connectivity index (χ1n) is 7.07. The molecule has 0 aliphatic heterocycles. The summed E-state index contributed by atoms with van der Waals surface area (Å²) < 4.78 is 0. The van der Waals surface area contributed by atoms with Gasteiger partial charge in [0.15, 0.2) is 5.16 Å². The van der Waals surface area contributed by atoms with Gasteiger partial charge >= 0.3 is 0 Å². The lowest BCUT2D eigenvalue weighted by Crippen LogP contribution is -2.23. The molecule has 0 saturated heterocycles. The molecular formula is C15H21N5S. The minimum Gasteiger partial charge on any atom is -0.370 e. The van der Waals surface area contributed by atoms with Crippen LogP contribution in [0.25, 0.3) is 0 Å². The normalized spacial score (nSPS) is 10.4. The van der Waals surface area contributed by atoms with Gasteiger partial charge in [-0.2, -0.15) is 0 Å². The molecule has 112 valence electrons. The zero-order chi connectivity index (χ0) is 15.1. The SMILES string of the molecule is CCNc1cc(N(CC)Cc2ccncc2)nc(SC)n1. The van der Waals surface area contributed by atoms with Crippen molar-refractivity contribution in [3.63, 3.8) is 0 Å². The van der Waals surface area contributed by atoms with Gasteiger partial charge in [0.05, 0.1) is 0 Å². The second kappa shape index (κ2) is 7.83. The van der Waals surface area contributed by atoms with Crippen molar-refractivity contribution in [3.8, 4) is 0 Å². The van der Waals surface area contributed by atoms with Gasteiger partial charge in [-0.05, 0) is 37.8 Å². The number of nitrogens with zero attached hydrogens (tertiary/aromatic N) is 4. The van der Waals surface area contributed by atoms with Gasteiger partial charge in [0, 0.05) is 38.1 Å². The lowest BCUT2D eigenvalue weighted by atomic mass is 10.2. The Labute approximate surface area is 130 Å². The summed E-state index contributed by atoms with van der Waals surface area (Å²) in [4.78, 5) is 15.4. The van der Waals surface area contributed by atoms with Gasteiger partial charge in [0.2, 0.25) is 0 Å². The quantitative estimate of drug-likeness (QED) is 0.627. The largest absolute Gasteiger partial charge is 0.370 e. The molecule has 0 spiro atoms. The topological polar surface area (TPSA) is 53.9 Å². The Hall–Kier alpha value is -1.82. The van der Waals surface area contributed by atoms with E-state index < -0.39 is 0 Å². The van der Waals surface area contributed by atoms with E-state index >= 15 is 0 Å². The smallest absolute Gasteiger partial charge is 0.191 e. The molecule has 0 saturated carbocycles. The number of rotatable bonds is 7. The fraction of sp³-hybridized carbons (Fsp3) is 0.400. The van der Waals surface area contributed by atoms with Crippen molar-refractivity contribution in [3.05, 3.63) is 36.2 Å². The van der Waals surface area contributed by atoms with E-state index in [2.05, 4.69) is 39.0 Å². The van der Waals surface area contributed by atoms with E-state index in [9.17, 15) is 0 Å². The standard InChI is InChI=1S/C15H21N5S/c1-4-17-13-10-14(19-15(18-13)21-3)20(5-2)11-12-6-8-16-9-7-12/h6-10H,4-5,11H2,1-3H3,(H,17,18,19). The molecule has 2 aromatic heterocycles. The van der Waals surface area contributed by atoms with Crippen LogP contribution in [0.4, 0.5) is 11.6 Å². The number of hydrogen-bond donors (Lipinski definition) is 1. The van der Waals surface area contributed by atoms with E-state index in [1.165, 1.54) is 5.56 Å². The molecule has 0 aromatic carbocycles. The van der Waals surface area contributed by atoms with Crippen molar-refractivity contribution in [1.82, 2.24) is 15.0 Å². The molecule has 0 bridgehead atoms. The van der Waals surface area contributed by atoms with Crippen LogP contribution in [-0.2, 0) is 6.54 Å². The van der Waals surface area contributed by atoms with Gasteiger partial charge in [-0.15, -0.1) is 0 Å². The zero-order valence-electron chi connectivity index (χ0n) is 12.7. The molecule has 0 amide bonds. The summed E-state index contributed by atoms with van der Waals surface area (Å²) in [6.07, 6.45) is 5.63. The van der Waals surface area contributed by atoms with Crippen molar-refractivity contribution in [2.24, 2.45) is 0 Å². The summed E-state index contributed by atoms with van der Waals surface area (Å²) in [5.74, 6) is 1.82. The Morgan fingerprint density at radius 1 is 1.19 bits per heavy atom. The minimum absolute atomic E-state index is 0.789. The molecule has 2 aromatic rings. The summed E-state index contributed by atoms with van der Waals surface area (Å²) in [5.41, 5.74) is 1.22. The third-order valence-corrected chi connectivity index (χ3v) is 3.61. The van der Waals surface area contributed by atoms with Crippen molar-refractivity contribution in [1.29, 1.82) is 0 Å². The van der Waals surface area contributed by atoms with Gasteiger partial charge in [0.1, 0.15) is 11.6 Å². The highest BCUT2D eigenvalue weighted by atomic mass is 32.2. The van der Waals surface area contributed by atoms with Crippen molar-refractivity contribution >= 4 is 23.4 Å². The summed E-state index contributed by atoms with van der Waals surface area (Å²) in [6, 6.07) is 6.07. The first-order valence-corrected chi connectivity index (χ1v) is 8.30. The molecule has 6 heteroatoms. The highest BCUT2D eigenvalue weighted by molar-refractivity contribution is 7.98. The molecule has 0 atom stereocenters. The first kappa shape index (κ1) is 15.6. The predicted octanol–water partition coefficient (Wildman–Crippen LogP) is 3.05. The van der Waals surface area contributed by atoms with Crippen LogP contribution in [0.2, 0.25) is 0 Å². The molecule has 2 heterocycles. The minimum atomic E-state index is 0.789. The number of aromatic nitrogens is 3. The van der Waals surface area contributed by atoms with Crippen LogP contribution in [0, 0.1) is 0 Å². The average Bonchev–Trinajstić information content (AvgIpc) is 2.53. The van der Waals surface area contributed by atoms with Crippen molar-refractivity contribution in [2.75, 3.05) is 29.6 Å². The predicted molar refractivity (Wildman–Crippen MR) is 88.9 cm³/mol. The van der Waals surface area contributed by atoms with Gasteiger partial charge in [-0.25, -0.2) is 9.97 Å². The Morgan fingerprint density at radius 2 is 1.95 bits per heavy atom. The molecule has 2 rings (SSSR count).